The first-order valence-corrected chi connectivity index (χ1v) is 13.8. The van der Waals surface area contributed by atoms with Gasteiger partial charge in [-0.05, 0) is 56.6 Å². The molecular weight excluding hydrogens is 514 g/mol. The Hall–Kier alpha value is -4.40. The van der Waals surface area contributed by atoms with Gasteiger partial charge < -0.3 is 15.7 Å². The van der Waals surface area contributed by atoms with E-state index in [9.17, 15) is 14.7 Å². The van der Waals surface area contributed by atoms with Crippen molar-refractivity contribution in [1.82, 2.24) is 25.5 Å². The maximum atomic E-state index is 13.4. The molecule has 1 heterocycles. The van der Waals surface area contributed by atoms with Crippen LogP contribution in [0, 0.1) is 0 Å². The average Bonchev–Trinajstić information content (AvgIpc) is 3.01. The van der Waals surface area contributed by atoms with Gasteiger partial charge in [-0.3, -0.25) is 24.5 Å². The molecule has 3 aromatic carbocycles. The zero-order valence-corrected chi connectivity index (χ0v) is 23.6. The van der Waals surface area contributed by atoms with E-state index < -0.39 is 12.1 Å². The zero-order chi connectivity index (χ0) is 29.2. The Balaban J connectivity index is 1.46. The van der Waals surface area contributed by atoms with Gasteiger partial charge in [0.2, 0.25) is 0 Å². The van der Waals surface area contributed by atoms with Crippen LogP contribution >= 0.6 is 0 Å². The molecule has 0 fully saturated rings. The third-order valence-electron chi connectivity index (χ3n) is 7.26. The van der Waals surface area contributed by atoms with Crippen LogP contribution in [0.25, 0.3) is 0 Å². The van der Waals surface area contributed by atoms with Gasteiger partial charge in [0.25, 0.3) is 11.8 Å². The highest BCUT2D eigenvalue weighted by Crippen LogP contribution is 2.20. The first kappa shape index (κ1) is 29.6. The number of nitrogens with one attached hydrogen (secondary N) is 2. The van der Waals surface area contributed by atoms with E-state index in [0.717, 1.165) is 11.1 Å². The van der Waals surface area contributed by atoms with Crippen molar-refractivity contribution in [2.24, 2.45) is 0 Å². The molecular formula is C33H37N5O3. The van der Waals surface area contributed by atoms with Gasteiger partial charge in [0.1, 0.15) is 0 Å². The summed E-state index contributed by atoms with van der Waals surface area (Å²) in [4.78, 5) is 36.7. The predicted molar refractivity (Wildman–Crippen MR) is 159 cm³/mol. The Morgan fingerprint density at radius 2 is 1.49 bits per heavy atom. The minimum Gasteiger partial charge on any atom is -0.390 e. The van der Waals surface area contributed by atoms with Crippen molar-refractivity contribution in [3.8, 4) is 0 Å². The van der Waals surface area contributed by atoms with Gasteiger partial charge in [-0.1, -0.05) is 66.7 Å². The van der Waals surface area contributed by atoms with E-state index in [2.05, 4.69) is 44.6 Å². The number of likely N-dealkylation sites (N-methyl/N-ethyl adjacent to an activating group) is 1. The summed E-state index contributed by atoms with van der Waals surface area (Å²) < 4.78 is 0. The summed E-state index contributed by atoms with van der Waals surface area (Å²) in [5.74, 6) is -0.685. The van der Waals surface area contributed by atoms with Gasteiger partial charge >= 0.3 is 0 Å². The van der Waals surface area contributed by atoms with Gasteiger partial charge in [0.15, 0.2) is 0 Å². The fraction of sp³-hybridized carbons (Fsp3) is 0.273. The molecule has 4 aromatic rings. The van der Waals surface area contributed by atoms with E-state index in [1.54, 1.807) is 42.9 Å². The molecule has 1 unspecified atom stereocenters. The highest BCUT2D eigenvalue weighted by atomic mass is 16.3. The minimum absolute atomic E-state index is 0.0818. The van der Waals surface area contributed by atoms with Crippen molar-refractivity contribution in [2.75, 3.05) is 13.6 Å². The minimum atomic E-state index is -0.838. The molecule has 212 valence electrons. The van der Waals surface area contributed by atoms with Crippen LogP contribution in [0.5, 0.6) is 0 Å². The molecule has 8 heteroatoms. The van der Waals surface area contributed by atoms with E-state index >= 15 is 0 Å². The van der Waals surface area contributed by atoms with Crippen LogP contribution in [0.1, 0.15) is 63.5 Å². The van der Waals surface area contributed by atoms with Crippen molar-refractivity contribution < 1.29 is 14.7 Å². The van der Waals surface area contributed by atoms with Gasteiger partial charge in [0.05, 0.1) is 30.1 Å². The molecule has 4 rings (SSSR count). The lowest BCUT2D eigenvalue weighted by Gasteiger charge is -2.31. The molecule has 0 spiro atoms. The highest BCUT2D eigenvalue weighted by Gasteiger charge is 2.26. The number of aromatic nitrogens is 2. The molecule has 4 atom stereocenters. The SMILES string of the molecule is CC(NC(=O)c1cccc(C(=O)N[C@@H](Cc2ccccc2)[C@H](O)CN(C)[C@@H](C)c2ccccc2)c1)c1cnccn1. The Labute approximate surface area is 241 Å². The molecule has 1 aromatic heterocycles. The maximum absolute atomic E-state index is 13.4. The van der Waals surface area contributed by atoms with Gasteiger partial charge in [-0.25, -0.2) is 0 Å². The zero-order valence-electron chi connectivity index (χ0n) is 23.6. The Bertz CT molecular complexity index is 1400. The average molecular weight is 552 g/mol. The third kappa shape index (κ3) is 8.30. The van der Waals surface area contributed by atoms with Crippen molar-refractivity contribution in [3.05, 3.63) is 131 Å². The summed E-state index contributed by atoms with van der Waals surface area (Å²) >= 11 is 0. The van der Waals surface area contributed by atoms with E-state index in [1.165, 1.54) is 0 Å². The molecule has 2 amide bonds. The van der Waals surface area contributed by atoms with Gasteiger partial charge in [-0.2, -0.15) is 0 Å². The first-order chi connectivity index (χ1) is 19.8. The number of hydrogen-bond acceptors (Lipinski definition) is 6. The van der Waals surface area contributed by atoms with Crippen LogP contribution in [0.2, 0.25) is 0 Å². The Morgan fingerprint density at radius 1 is 0.854 bits per heavy atom. The number of rotatable bonds is 12. The summed E-state index contributed by atoms with van der Waals surface area (Å²) in [6.07, 6.45) is 4.37. The van der Waals surface area contributed by atoms with Crippen LogP contribution in [0.3, 0.4) is 0 Å². The molecule has 0 saturated heterocycles. The van der Waals surface area contributed by atoms with E-state index in [0.29, 0.717) is 29.8 Å². The Kier molecular flexibility index (Phi) is 10.3. The molecule has 0 aliphatic heterocycles. The highest BCUT2D eigenvalue weighted by molar-refractivity contribution is 5.99. The molecule has 41 heavy (non-hydrogen) atoms. The van der Waals surface area contributed by atoms with Crippen molar-refractivity contribution in [1.29, 1.82) is 0 Å². The van der Waals surface area contributed by atoms with Crippen molar-refractivity contribution in [3.63, 3.8) is 0 Å². The number of carbonyl (C=O) groups is 2. The summed E-state index contributed by atoms with van der Waals surface area (Å²) in [5, 5.41) is 17.3. The van der Waals surface area contributed by atoms with Crippen LogP contribution in [0.4, 0.5) is 0 Å². The summed E-state index contributed by atoms with van der Waals surface area (Å²) in [6.45, 7) is 4.27. The van der Waals surface area contributed by atoms with Crippen LogP contribution < -0.4 is 10.6 Å². The first-order valence-electron chi connectivity index (χ1n) is 13.8. The van der Waals surface area contributed by atoms with Crippen molar-refractivity contribution >= 4 is 11.8 Å². The molecule has 8 nitrogen and oxygen atoms in total. The lowest BCUT2D eigenvalue weighted by Crippen LogP contribution is -2.49. The van der Waals surface area contributed by atoms with Crippen LogP contribution in [0.15, 0.2) is 104 Å². The molecule has 0 bridgehead atoms. The number of benzene rings is 3. The summed E-state index contributed by atoms with van der Waals surface area (Å²) in [6, 6.07) is 25.6. The van der Waals surface area contributed by atoms with E-state index in [4.69, 9.17) is 0 Å². The number of amides is 2. The topological polar surface area (TPSA) is 107 Å². The van der Waals surface area contributed by atoms with Gasteiger partial charge in [-0.15, -0.1) is 0 Å². The molecule has 0 saturated carbocycles. The molecule has 3 N–H and O–H groups in total. The second-order valence-corrected chi connectivity index (χ2v) is 10.3. The number of nitrogens with zero attached hydrogens (tertiary/aromatic N) is 3. The van der Waals surface area contributed by atoms with Crippen molar-refractivity contribution in [2.45, 2.75) is 44.5 Å². The second kappa shape index (κ2) is 14.3. The number of carbonyl (C=O) groups excluding carboxylic acids is 2. The quantitative estimate of drug-likeness (QED) is 0.242. The largest absolute Gasteiger partial charge is 0.390 e. The van der Waals surface area contributed by atoms with Crippen LogP contribution in [-0.2, 0) is 6.42 Å². The monoisotopic (exact) mass is 551 g/mol. The lowest BCUT2D eigenvalue weighted by atomic mass is 9.99. The molecule has 0 radical (unpaired) electrons. The fourth-order valence-corrected chi connectivity index (χ4v) is 4.66. The summed E-state index contributed by atoms with van der Waals surface area (Å²) in [7, 11) is 1.96. The smallest absolute Gasteiger partial charge is 0.251 e. The second-order valence-electron chi connectivity index (χ2n) is 10.3. The molecule has 0 aliphatic rings. The van der Waals surface area contributed by atoms with E-state index in [-0.39, 0.29) is 23.9 Å². The normalized spacial score (nSPS) is 14.1. The number of aliphatic hydroxyl groups is 1. The van der Waals surface area contributed by atoms with E-state index in [1.807, 2.05) is 62.5 Å². The predicted octanol–water partition coefficient (Wildman–Crippen LogP) is 4.36. The van der Waals surface area contributed by atoms with Crippen LogP contribution in [-0.4, -0.2) is 57.5 Å². The number of aliphatic hydroxyl groups excluding tert-OH is 1. The lowest BCUT2D eigenvalue weighted by molar-refractivity contribution is 0.0656. The standard InChI is InChI=1S/C33H37N5O3/c1-23(30-21-34-17-18-35-30)36-32(40)27-15-10-16-28(20-27)33(41)37-29(19-25-11-6-4-7-12-25)31(39)22-38(3)24(2)26-13-8-5-9-14-26/h4-18,20-21,23-24,29,31,39H,19,22H2,1-3H3,(H,36,40)(H,37,41)/t23?,24-,29-,31+/m0/s1. The number of hydrogen-bond donors (Lipinski definition) is 3. The Morgan fingerprint density at radius 3 is 2.12 bits per heavy atom. The van der Waals surface area contributed by atoms with Gasteiger partial charge in [0, 0.05) is 36.1 Å². The third-order valence-corrected chi connectivity index (χ3v) is 7.26. The molecule has 0 aliphatic carbocycles. The summed E-state index contributed by atoms with van der Waals surface area (Å²) in [5.41, 5.74) is 3.47. The fourth-order valence-electron chi connectivity index (χ4n) is 4.66. The maximum Gasteiger partial charge on any atom is 0.251 e.